The third-order valence-corrected chi connectivity index (χ3v) is 4.73. The van der Waals surface area contributed by atoms with Crippen molar-refractivity contribution in [2.45, 2.75) is 39.5 Å². The molecule has 0 amide bonds. The molecule has 1 aliphatic rings. The summed E-state index contributed by atoms with van der Waals surface area (Å²) in [4.78, 5) is 11.9. The Hall–Kier alpha value is -2.04. The normalized spacial score (nSPS) is 17.1. The van der Waals surface area contributed by atoms with Crippen molar-refractivity contribution in [3.8, 4) is 11.1 Å². The molecule has 5 heteroatoms. The Kier molecular flexibility index (Phi) is 4.04. The van der Waals surface area contributed by atoms with Crippen molar-refractivity contribution < 1.29 is 18.1 Å². The lowest BCUT2D eigenvalue weighted by Gasteiger charge is -2.23. The van der Waals surface area contributed by atoms with E-state index in [9.17, 15) is 13.6 Å². The fraction of sp³-hybridized carbons (Fsp3) is 0.444. The fourth-order valence-electron chi connectivity index (χ4n) is 3.48. The SMILES string of the molecule is CC(=O)[C@H](C1CC1)[C@@H](C)c1c(F)cc(-c2cnoc2C)cc1F. The highest BCUT2D eigenvalue weighted by atomic mass is 19.1. The zero-order chi connectivity index (χ0) is 16.7. The lowest BCUT2D eigenvalue weighted by atomic mass is 9.81. The van der Waals surface area contributed by atoms with Crippen LogP contribution in [0.5, 0.6) is 0 Å². The van der Waals surface area contributed by atoms with Crippen LogP contribution in [0.2, 0.25) is 0 Å². The van der Waals surface area contributed by atoms with E-state index >= 15 is 0 Å². The topological polar surface area (TPSA) is 43.1 Å². The molecule has 1 fully saturated rings. The maximum absolute atomic E-state index is 14.6. The summed E-state index contributed by atoms with van der Waals surface area (Å²) in [7, 11) is 0. The first kappa shape index (κ1) is 15.8. The van der Waals surface area contributed by atoms with E-state index in [4.69, 9.17) is 4.52 Å². The molecule has 2 aromatic rings. The van der Waals surface area contributed by atoms with Crippen LogP contribution in [-0.2, 0) is 4.79 Å². The Labute approximate surface area is 133 Å². The summed E-state index contributed by atoms with van der Waals surface area (Å²) in [6, 6.07) is 2.58. The molecule has 0 saturated heterocycles. The number of halogens is 2. The van der Waals surface area contributed by atoms with Crippen molar-refractivity contribution in [3.05, 3.63) is 41.3 Å². The lowest BCUT2D eigenvalue weighted by molar-refractivity contribution is -0.122. The number of carbonyl (C=O) groups is 1. The van der Waals surface area contributed by atoms with Crippen molar-refractivity contribution in [1.82, 2.24) is 5.16 Å². The van der Waals surface area contributed by atoms with Crippen molar-refractivity contribution >= 4 is 5.78 Å². The first-order valence-corrected chi connectivity index (χ1v) is 7.81. The molecule has 1 aliphatic carbocycles. The van der Waals surface area contributed by atoms with Gasteiger partial charge in [0.1, 0.15) is 23.2 Å². The number of ketones is 1. The first-order valence-electron chi connectivity index (χ1n) is 7.81. The van der Waals surface area contributed by atoms with Crippen LogP contribution in [-0.4, -0.2) is 10.9 Å². The van der Waals surface area contributed by atoms with Gasteiger partial charge in [0, 0.05) is 17.0 Å². The Balaban J connectivity index is 2.00. The molecule has 0 aliphatic heterocycles. The fourth-order valence-corrected chi connectivity index (χ4v) is 3.48. The number of hydrogen-bond donors (Lipinski definition) is 0. The quantitative estimate of drug-likeness (QED) is 0.806. The first-order chi connectivity index (χ1) is 10.9. The Bertz CT molecular complexity index is 726. The molecule has 1 heterocycles. The maximum Gasteiger partial charge on any atom is 0.141 e. The summed E-state index contributed by atoms with van der Waals surface area (Å²) in [6.45, 7) is 4.92. The van der Waals surface area contributed by atoms with Crippen LogP contribution in [0.25, 0.3) is 11.1 Å². The second-order valence-corrected chi connectivity index (χ2v) is 6.41. The number of hydrogen-bond acceptors (Lipinski definition) is 3. The molecular weight excluding hydrogens is 300 g/mol. The molecule has 0 bridgehead atoms. The molecule has 0 spiro atoms. The van der Waals surface area contributed by atoms with Gasteiger partial charge in [-0.1, -0.05) is 12.1 Å². The van der Waals surface area contributed by atoms with Gasteiger partial charge in [-0.15, -0.1) is 0 Å². The molecule has 0 radical (unpaired) electrons. The molecule has 1 aromatic carbocycles. The van der Waals surface area contributed by atoms with Gasteiger partial charge in [0.2, 0.25) is 0 Å². The van der Waals surface area contributed by atoms with Crippen LogP contribution < -0.4 is 0 Å². The summed E-state index contributed by atoms with van der Waals surface area (Å²) < 4.78 is 34.1. The van der Waals surface area contributed by atoms with Gasteiger partial charge >= 0.3 is 0 Å². The van der Waals surface area contributed by atoms with Gasteiger partial charge in [0.05, 0.1) is 6.20 Å². The van der Waals surface area contributed by atoms with Crippen LogP contribution in [0.1, 0.15) is 43.9 Å². The van der Waals surface area contributed by atoms with Gasteiger partial charge in [-0.05, 0) is 56.2 Å². The number of benzene rings is 1. The summed E-state index contributed by atoms with van der Waals surface area (Å²) in [5.74, 6) is -1.29. The van der Waals surface area contributed by atoms with E-state index in [1.165, 1.54) is 25.3 Å². The molecule has 0 N–H and O–H groups in total. The summed E-state index contributed by atoms with van der Waals surface area (Å²) in [5, 5.41) is 3.63. The van der Waals surface area contributed by atoms with Gasteiger partial charge in [-0.2, -0.15) is 0 Å². The summed E-state index contributed by atoms with van der Waals surface area (Å²) in [5.41, 5.74) is 0.947. The van der Waals surface area contributed by atoms with Gasteiger partial charge in [0.25, 0.3) is 0 Å². The lowest BCUT2D eigenvalue weighted by Crippen LogP contribution is -2.22. The maximum atomic E-state index is 14.6. The third-order valence-electron chi connectivity index (χ3n) is 4.73. The number of carbonyl (C=O) groups excluding carboxylic acids is 1. The minimum Gasteiger partial charge on any atom is -0.361 e. The van der Waals surface area contributed by atoms with Crippen LogP contribution in [0.3, 0.4) is 0 Å². The van der Waals surface area contributed by atoms with E-state index in [1.54, 1.807) is 13.8 Å². The van der Waals surface area contributed by atoms with E-state index in [2.05, 4.69) is 5.16 Å². The average Bonchev–Trinajstić information content (AvgIpc) is 3.18. The van der Waals surface area contributed by atoms with E-state index in [0.29, 0.717) is 16.9 Å². The Morgan fingerprint density at radius 3 is 2.35 bits per heavy atom. The van der Waals surface area contributed by atoms with Gasteiger partial charge in [0.15, 0.2) is 0 Å². The predicted octanol–water partition coefficient (Wildman–Crippen LogP) is 4.65. The Morgan fingerprint density at radius 2 is 1.91 bits per heavy atom. The minimum atomic E-state index is -0.625. The van der Waals surface area contributed by atoms with Crippen molar-refractivity contribution in [3.63, 3.8) is 0 Å². The molecule has 23 heavy (non-hydrogen) atoms. The highest BCUT2D eigenvalue weighted by Gasteiger charge is 2.40. The van der Waals surface area contributed by atoms with Gasteiger partial charge in [-0.25, -0.2) is 8.78 Å². The summed E-state index contributed by atoms with van der Waals surface area (Å²) >= 11 is 0. The van der Waals surface area contributed by atoms with Crippen LogP contribution in [0.15, 0.2) is 22.9 Å². The van der Waals surface area contributed by atoms with Gasteiger partial charge < -0.3 is 4.52 Å². The molecule has 2 atom stereocenters. The third kappa shape index (κ3) is 2.92. The standard InChI is InChI=1S/C18H19F2NO2/c1-9(17(10(2)22)12-4-5-12)18-15(19)6-13(7-16(18)20)14-8-21-23-11(14)3/h6-9,12,17H,4-5H2,1-3H3/t9-,17-/m1/s1. The summed E-state index contributed by atoms with van der Waals surface area (Å²) in [6.07, 6.45) is 3.35. The molecule has 1 aromatic heterocycles. The van der Waals surface area contributed by atoms with Crippen LogP contribution in [0.4, 0.5) is 8.78 Å². The zero-order valence-electron chi connectivity index (χ0n) is 13.4. The monoisotopic (exact) mass is 319 g/mol. The van der Waals surface area contributed by atoms with Crippen molar-refractivity contribution in [2.75, 3.05) is 0 Å². The molecule has 1 saturated carbocycles. The number of Topliss-reactive ketones (excluding diaryl/α,β-unsaturated/α-hetero) is 1. The highest BCUT2D eigenvalue weighted by molar-refractivity contribution is 5.80. The largest absolute Gasteiger partial charge is 0.361 e. The zero-order valence-corrected chi connectivity index (χ0v) is 13.4. The highest BCUT2D eigenvalue weighted by Crippen LogP contribution is 2.45. The molecule has 3 rings (SSSR count). The molecule has 3 nitrogen and oxygen atoms in total. The smallest absolute Gasteiger partial charge is 0.141 e. The second-order valence-electron chi connectivity index (χ2n) is 6.41. The minimum absolute atomic E-state index is 0.00208. The van der Waals surface area contributed by atoms with Gasteiger partial charge in [-0.3, -0.25) is 4.79 Å². The second kappa shape index (κ2) is 5.87. The number of aromatic nitrogens is 1. The molecule has 0 unspecified atom stereocenters. The number of aryl methyl sites for hydroxylation is 1. The van der Waals surface area contributed by atoms with Crippen molar-refractivity contribution in [1.29, 1.82) is 0 Å². The molecular formula is C18H19F2NO2. The Morgan fingerprint density at radius 1 is 1.30 bits per heavy atom. The average molecular weight is 319 g/mol. The van der Waals surface area contributed by atoms with E-state index in [-0.39, 0.29) is 23.2 Å². The van der Waals surface area contributed by atoms with Crippen molar-refractivity contribution in [2.24, 2.45) is 11.8 Å². The van der Waals surface area contributed by atoms with E-state index in [1.807, 2.05) is 0 Å². The number of nitrogens with zero attached hydrogens (tertiary/aromatic N) is 1. The van der Waals surface area contributed by atoms with Crippen LogP contribution in [0, 0.1) is 30.4 Å². The molecule has 122 valence electrons. The number of rotatable bonds is 5. The van der Waals surface area contributed by atoms with E-state index < -0.39 is 17.6 Å². The van der Waals surface area contributed by atoms with Crippen LogP contribution >= 0.6 is 0 Å². The predicted molar refractivity (Wildman–Crippen MR) is 81.9 cm³/mol. The van der Waals surface area contributed by atoms with E-state index in [0.717, 1.165) is 12.8 Å².